The number of hydrogen-bond acceptors (Lipinski definition) is 6. The van der Waals surface area contributed by atoms with Crippen molar-refractivity contribution >= 4 is 39.2 Å². The number of rotatable bonds is 3. The predicted molar refractivity (Wildman–Crippen MR) is 88.7 cm³/mol. The normalized spacial score (nSPS) is 11.4. The molecule has 0 aliphatic carbocycles. The van der Waals surface area contributed by atoms with Gasteiger partial charge in [-0.15, -0.1) is 21.5 Å². The molecule has 0 aliphatic heterocycles. The monoisotopic (exact) mass is 365 g/mol. The topological polar surface area (TPSA) is 56.0 Å². The maximum absolute atomic E-state index is 14.0. The molecule has 4 rings (SSSR count). The molecule has 23 heavy (non-hydrogen) atoms. The average molecular weight is 366 g/mol. The Labute approximate surface area is 143 Å². The van der Waals surface area contributed by atoms with Crippen LogP contribution in [0.25, 0.3) is 16.3 Å². The van der Waals surface area contributed by atoms with Gasteiger partial charge in [0.1, 0.15) is 10.8 Å². The Morgan fingerprint density at radius 2 is 2.17 bits per heavy atom. The molecule has 3 aromatic heterocycles. The zero-order valence-electron chi connectivity index (χ0n) is 11.8. The van der Waals surface area contributed by atoms with Crippen LogP contribution in [-0.4, -0.2) is 24.8 Å². The second-order valence-corrected chi connectivity index (χ2v) is 7.41. The third-order valence-corrected chi connectivity index (χ3v) is 5.16. The van der Waals surface area contributed by atoms with Crippen molar-refractivity contribution in [3.8, 4) is 11.4 Å². The summed E-state index contributed by atoms with van der Waals surface area (Å²) in [6, 6.07) is 4.33. The first kappa shape index (κ1) is 14.7. The number of halogens is 2. The Hall–Kier alpha value is -1.90. The highest BCUT2D eigenvalue weighted by atomic mass is 35.5. The minimum atomic E-state index is -0.409. The van der Waals surface area contributed by atoms with Gasteiger partial charge < -0.3 is 0 Å². The lowest BCUT2D eigenvalue weighted by atomic mass is 10.2. The van der Waals surface area contributed by atoms with Crippen LogP contribution < -0.4 is 0 Å². The molecule has 0 spiro atoms. The van der Waals surface area contributed by atoms with Crippen molar-refractivity contribution in [3.63, 3.8) is 0 Å². The summed E-state index contributed by atoms with van der Waals surface area (Å²) in [7, 11) is 0. The standard InChI is InChI=1S/C14H9ClFN5S2/c1-7-17-9(6-22-7)5-12-20-21-13(18-19-14(21)23-12)10-4-8(15)2-3-11(10)16/h2-4,6H,5H2,1H3. The smallest absolute Gasteiger partial charge is 0.234 e. The molecule has 0 aliphatic rings. The summed E-state index contributed by atoms with van der Waals surface area (Å²) >= 11 is 8.97. The Kier molecular flexibility index (Phi) is 3.59. The van der Waals surface area contributed by atoms with Crippen LogP contribution in [0.1, 0.15) is 15.7 Å². The van der Waals surface area contributed by atoms with E-state index in [1.807, 2.05) is 12.3 Å². The van der Waals surface area contributed by atoms with Crippen LogP contribution in [0.2, 0.25) is 5.02 Å². The van der Waals surface area contributed by atoms with Crippen molar-refractivity contribution in [2.45, 2.75) is 13.3 Å². The Morgan fingerprint density at radius 3 is 2.96 bits per heavy atom. The summed E-state index contributed by atoms with van der Waals surface area (Å²) in [6.07, 6.45) is 0.621. The van der Waals surface area contributed by atoms with Gasteiger partial charge in [-0.2, -0.15) is 9.61 Å². The summed E-state index contributed by atoms with van der Waals surface area (Å²) in [4.78, 5) is 5.04. The lowest BCUT2D eigenvalue weighted by Crippen LogP contribution is -1.95. The lowest BCUT2D eigenvalue weighted by molar-refractivity contribution is 0.629. The Morgan fingerprint density at radius 1 is 1.30 bits per heavy atom. The molecule has 1 aromatic carbocycles. The van der Waals surface area contributed by atoms with E-state index < -0.39 is 5.82 Å². The number of hydrogen-bond donors (Lipinski definition) is 0. The van der Waals surface area contributed by atoms with Crippen molar-refractivity contribution in [2.75, 3.05) is 0 Å². The molecule has 0 fully saturated rings. The molecular weight excluding hydrogens is 357 g/mol. The lowest BCUT2D eigenvalue weighted by Gasteiger charge is -2.00. The fourth-order valence-electron chi connectivity index (χ4n) is 2.21. The van der Waals surface area contributed by atoms with E-state index in [1.54, 1.807) is 15.9 Å². The van der Waals surface area contributed by atoms with Crippen molar-refractivity contribution in [1.29, 1.82) is 0 Å². The molecule has 116 valence electrons. The molecular formula is C14H9ClFN5S2. The number of fused-ring (bicyclic) bond motifs is 1. The summed E-state index contributed by atoms with van der Waals surface area (Å²) in [5, 5.41) is 16.9. The van der Waals surface area contributed by atoms with E-state index in [1.165, 1.54) is 29.5 Å². The van der Waals surface area contributed by atoms with Crippen LogP contribution in [0.15, 0.2) is 23.6 Å². The zero-order chi connectivity index (χ0) is 16.0. The van der Waals surface area contributed by atoms with Crippen LogP contribution in [0.3, 0.4) is 0 Å². The number of nitrogens with zero attached hydrogens (tertiary/aromatic N) is 5. The van der Waals surface area contributed by atoms with Gasteiger partial charge in [0.05, 0.1) is 16.3 Å². The van der Waals surface area contributed by atoms with E-state index in [2.05, 4.69) is 20.3 Å². The maximum atomic E-state index is 14.0. The first-order valence-electron chi connectivity index (χ1n) is 6.68. The zero-order valence-corrected chi connectivity index (χ0v) is 14.2. The summed E-state index contributed by atoms with van der Waals surface area (Å²) in [5.74, 6) is -0.0645. The fraction of sp³-hybridized carbons (Fsp3) is 0.143. The summed E-state index contributed by atoms with van der Waals surface area (Å²) < 4.78 is 15.6. The number of benzene rings is 1. The second-order valence-electron chi connectivity index (χ2n) is 4.87. The molecule has 0 atom stereocenters. The molecule has 0 saturated carbocycles. The van der Waals surface area contributed by atoms with E-state index in [9.17, 15) is 4.39 Å². The van der Waals surface area contributed by atoms with Gasteiger partial charge in [-0.3, -0.25) is 0 Å². The first-order chi connectivity index (χ1) is 11.1. The van der Waals surface area contributed by atoms with Crippen LogP contribution in [-0.2, 0) is 6.42 Å². The van der Waals surface area contributed by atoms with Crippen molar-refractivity contribution in [2.24, 2.45) is 0 Å². The number of aromatic nitrogens is 5. The Balaban J connectivity index is 1.76. The van der Waals surface area contributed by atoms with Crippen LogP contribution in [0, 0.1) is 12.7 Å². The molecule has 5 nitrogen and oxygen atoms in total. The highest BCUT2D eigenvalue weighted by Crippen LogP contribution is 2.27. The van der Waals surface area contributed by atoms with Gasteiger partial charge in [-0.25, -0.2) is 9.37 Å². The summed E-state index contributed by atoms with van der Waals surface area (Å²) in [5.41, 5.74) is 1.25. The van der Waals surface area contributed by atoms with Gasteiger partial charge in [-0.1, -0.05) is 22.9 Å². The van der Waals surface area contributed by atoms with E-state index >= 15 is 0 Å². The maximum Gasteiger partial charge on any atom is 0.234 e. The second kappa shape index (κ2) is 5.63. The predicted octanol–water partition coefficient (Wildman–Crippen LogP) is 4.00. The van der Waals surface area contributed by atoms with E-state index in [-0.39, 0.29) is 5.56 Å². The van der Waals surface area contributed by atoms with Gasteiger partial charge in [0.25, 0.3) is 0 Å². The highest BCUT2D eigenvalue weighted by Gasteiger charge is 2.17. The molecule has 0 saturated heterocycles. The average Bonchev–Trinajstić information content (AvgIpc) is 3.18. The van der Waals surface area contributed by atoms with Gasteiger partial charge in [0.15, 0.2) is 5.82 Å². The SMILES string of the molecule is Cc1nc(Cc2nn3c(-c4cc(Cl)ccc4F)nnc3s2)cs1. The van der Waals surface area contributed by atoms with Gasteiger partial charge in [0, 0.05) is 16.8 Å². The molecule has 4 aromatic rings. The first-order valence-corrected chi connectivity index (χ1v) is 8.75. The number of aryl methyl sites for hydroxylation is 1. The largest absolute Gasteiger partial charge is 0.246 e. The fourth-order valence-corrected chi connectivity index (χ4v) is 3.84. The van der Waals surface area contributed by atoms with Gasteiger partial charge >= 0.3 is 0 Å². The van der Waals surface area contributed by atoms with Gasteiger partial charge in [0.2, 0.25) is 4.96 Å². The minimum absolute atomic E-state index is 0.284. The quantitative estimate of drug-likeness (QED) is 0.550. The molecule has 0 bridgehead atoms. The van der Waals surface area contributed by atoms with Crippen molar-refractivity contribution < 1.29 is 4.39 Å². The molecule has 9 heteroatoms. The van der Waals surface area contributed by atoms with Crippen molar-refractivity contribution in [1.82, 2.24) is 24.8 Å². The Bertz CT molecular complexity index is 1010. The van der Waals surface area contributed by atoms with E-state index in [0.29, 0.717) is 22.2 Å². The van der Waals surface area contributed by atoms with Crippen LogP contribution in [0.4, 0.5) is 4.39 Å². The van der Waals surface area contributed by atoms with Crippen LogP contribution >= 0.6 is 34.3 Å². The molecule has 0 radical (unpaired) electrons. The highest BCUT2D eigenvalue weighted by molar-refractivity contribution is 7.16. The molecule has 0 N–H and O–H groups in total. The van der Waals surface area contributed by atoms with Crippen LogP contribution in [0.5, 0.6) is 0 Å². The third kappa shape index (κ3) is 2.73. The van der Waals surface area contributed by atoms with E-state index in [4.69, 9.17) is 11.6 Å². The third-order valence-electron chi connectivity index (χ3n) is 3.20. The summed E-state index contributed by atoms with van der Waals surface area (Å²) in [6.45, 7) is 1.97. The number of thiazole rings is 1. The minimum Gasteiger partial charge on any atom is -0.246 e. The van der Waals surface area contributed by atoms with Crippen molar-refractivity contribution in [3.05, 3.63) is 50.1 Å². The van der Waals surface area contributed by atoms with Gasteiger partial charge in [-0.05, 0) is 25.1 Å². The van der Waals surface area contributed by atoms with E-state index in [0.717, 1.165) is 15.7 Å². The molecule has 0 unspecified atom stereocenters. The molecule has 3 heterocycles. The molecule has 0 amide bonds.